The van der Waals surface area contributed by atoms with Gasteiger partial charge >= 0.3 is 0 Å². The number of hydrogen-bond donors (Lipinski definition) is 1. The lowest BCUT2D eigenvalue weighted by Gasteiger charge is -2.20. The van der Waals surface area contributed by atoms with Crippen molar-refractivity contribution in [2.75, 3.05) is 47.9 Å². The van der Waals surface area contributed by atoms with Crippen molar-refractivity contribution >= 4 is 0 Å². The fourth-order valence-corrected chi connectivity index (χ4v) is 1.87. The van der Waals surface area contributed by atoms with E-state index in [1.54, 1.807) is 7.11 Å². The third-order valence-corrected chi connectivity index (χ3v) is 2.98. The Balaban J connectivity index is 2.80. The Bertz CT molecular complexity index is 474. The highest BCUT2D eigenvalue weighted by Gasteiger charge is 2.07. The van der Waals surface area contributed by atoms with Crippen LogP contribution in [0.25, 0.3) is 0 Å². The Morgan fingerprint density at radius 1 is 1.20 bits per heavy atom. The number of likely N-dealkylation sites (N-methyl/N-ethyl adjacent to an activating group) is 2. The zero-order chi connectivity index (χ0) is 15.0. The lowest BCUT2D eigenvalue weighted by atomic mass is 10.1. The summed E-state index contributed by atoms with van der Waals surface area (Å²) >= 11 is 0. The first kappa shape index (κ1) is 16.5. The molecule has 4 heteroatoms. The van der Waals surface area contributed by atoms with Gasteiger partial charge < -0.3 is 20.3 Å². The Morgan fingerprint density at radius 2 is 1.95 bits per heavy atom. The molecule has 0 fully saturated rings. The van der Waals surface area contributed by atoms with E-state index in [4.69, 9.17) is 10.5 Å². The quantitative estimate of drug-likeness (QED) is 0.787. The zero-order valence-corrected chi connectivity index (χ0v) is 12.9. The maximum absolute atomic E-state index is 5.42. The summed E-state index contributed by atoms with van der Waals surface area (Å²) in [6.45, 7) is 3.26. The van der Waals surface area contributed by atoms with E-state index < -0.39 is 0 Å². The summed E-state index contributed by atoms with van der Waals surface area (Å²) in [4.78, 5) is 4.45. The lowest BCUT2D eigenvalue weighted by molar-refractivity contribution is 0.272. The van der Waals surface area contributed by atoms with Gasteiger partial charge in [0.25, 0.3) is 0 Å². The molecule has 1 aromatic carbocycles. The largest absolute Gasteiger partial charge is 0.496 e. The molecule has 4 nitrogen and oxygen atoms in total. The molecule has 0 bridgehead atoms. The van der Waals surface area contributed by atoms with E-state index in [0.717, 1.165) is 36.5 Å². The van der Waals surface area contributed by atoms with Gasteiger partial charge in [-0.15, -0.1) is 0 Å². The molecule has 0 aliphatic heterocycles. The van der Waals surface area contributed by atoms with E-state index in [9.17, 15) is 0 Å². The number of benzene rings is 1. The summed E-state index contributed by atoms with van der Waals surface area (Å²) in [7, 11) is 7.97. The van der Waals surface area contributed by atoms with Crippen LogP contribution < -0.4 is 10.5 Å². The number of methoxy groups -OCH3 is 1. The average molecular weight is 275 g/mol. The Kier molecular flexibility index (Phi) is 7.10. The molecule has 0 aliphatic rings. The van der Waals surface area contributed by atoms with Gasteiger partial charge in [-0.2, -0.15) is 0 Å². The van der Waals surface area contributed by atoms with Crippen LogP contribution in [0.4, 0.5) is 0 Å². The molecule has 0 saturated carbocycles. The Labute approximate surface area is 122 Å². The van der Waals surface area contributed by atoms with Gasteiger partial charge in [0.1, 0.15) is 5.75 Å². The highest BCUT2D eigenvalue weighted by atomic mass is 16.5. The molecule has 2 N–H and O–H groups in total. The minimum Gasteiger partial charge on any atom is -0.496 e. The number of ether oxygens (including phenoxy) is 1. The van der Waals surface area contributed by atoms with Gasteiger partial charge in [-0.3, -0.25) is 0 Å². The molecule has 110 valence electrons. The maximum Gasteiger partial charge on any atom is 0.123 e. The molecule has 0 amide bonds. The first-order valence-electron chi connectivity index (χ1n) is 6.76. The second-order valence-electron chi connectivity index (χ2n) is 5.07. The summed E-state index contributed by atoms with van der Waals surface area (Å²) in [6, 6.07) is 6.01. The number of hydrogen-bond acceptors (Lipinski definition) is 4. The van der Waals surface area contributed by atoms with Crippen LogP contribution in [0.2, 0.25) is 0 Å². The molecule has 0 saturated heterocycles. The number of nitrogens with zero attached hydrogens (tertiary/aromatic N) is 2. The second-order valence-corrected chi connectivity index (χ2v) is 5.07. The first-order valence-corrected chi connectivity index (χ1v) is 6.76. The average Bonchev–Trinajstić information content (AvgIpc) is 2.43. The van der Waals surface area contributed by atoms with Crippen LogP contribution in [0.5, 0.6) is 5.75 Å². The predicted molar refractivity (Wildman–Crippen MR) is 83.8 cm³/mol. The fourth-order valence-electron chi connectivity index (χ4n) is 1.87. The number of nitrogens with two attached hydrogens (primary N) is 1. The summed E-state index contributed by atoms with van der Waals surface area (Å²) in [5, 5.41) is 0. The van der Waals surface area contributed by atoms with Crippen molar-refractivity contribution in [2.45, 2.75) is 6.54 Å². The molecule has 0 spiro atoms. The third kappa shape index (κ3) is 5.62. The van der Waals surface area contributed by atoms with Crippen LogP contribution in [0.1, 0.15) is 11.1 Å². The smallest absolute Gasteiger partial charge is 0.123 e. The molecule has 20 heavy (non-hydrogen) atoms. The van der Waals surface area contributed by atoms with Gasteiger partial charge in [0.2, 0.25) is 0 Å². The van der Waals surface area contributed by atoms with E-state index in [1.165, 1.54) is 0 Å². The van der Waals surface area contributed by atoms with Crippen LogP contribution in [0.15, 0.2) is 18.2 Å². The van der Waals surface area contributed by atoms with Crippen molar-refractivity contribution in [2.24, 2.45) is 5.73 Å². The van der Waals surface area contributed by atoms with E-state index in [2.05, 4.69) is 48.9 Å². The molecular formula is C16H25N3O. The second kappa shape index (κ2) is 8.60. The van der Waals surface area contributed by atoms with Crippen molar-refractivity contribution in [3.8, 4) is 17.6 Å². The highest BCUT2D eigenvalue weighted by Crippen LogP contribution is 2.21. The fraction of sp³-hybridized carbons (Fsp3) is 0.500. The summed E-state index contributed by atoms with van der Waals surface area (Å²) in [6.07, 6.45) is 0. The van der Waals surface area contributed by atoms with Crippen LogP contribution in [-0.4, -0.2) is 57.7 Å². The molecule has 0 heterocycles. The molecule has 1 aromatic rings. The van der Waals surface area contributed by atoms with Crippen molar-refractivity contribution in [3.63, 3.8) is 0 Å². The van der Waals surface area contributed by atoms with Crippen LogP contribution in [-0.2, 0) is 6.54 Å². The van der Waals surface area contributed by atoms with E-state index >= 15 is 0 Å². The van der Waals surface area contributed by atoms with Gasteiger partial charge in [-0.05, 0) is 39.3 Å². The first-order chi connectivity index (χ1) is 9.56. The minimum absolute atomic E-state index is 0.379. The molecular weight excluding hydrogens is 250 g/mol. The highest BCUT2D eigenvalue weighted by molar-refractivity contribution is 5.44. The summed E-state index contributed by atoms with van der Waals surface area (Å²) in [5.41, 5.74) is 7.54. The molecule has 0 atom stereocenters. The Hall–Kier alpha value is -1.54. The van der Waals surface area contributed by atoms with Gasteiger partial charge in [0.05, 0.1) is 13.7 Å². The van der Waals surface area contributed by atoms with Crippen molar-refractivity contribution in [1.29, 1.82) is 0 Å². The van der Waals surface area contributed by atoms with Crippen LogP contribution in [0, 0.1) is 11.8 Å². The predicted octanol–water partition coefficient (Wildman–Crippen LogP) is 0.999. The minimum atomic E-state index is 0.379. The van der Waals surface area contributed by atoms with E-state index in [1.807, 2.05) is 12.1 Å². The van der Waals surface area contributed by atoms with Gasteiger partial charge in [-0.25, -0.2) is 0 Å². The van der Waals surface area contributed by atoms with Crippen molar-refractivity contribution in [3.05, 3.63) is 29.3 Å². The summed E-state index contributed by atoms with van der Waals surface area (Å²) in [5.74, 6) is 6.84. The summed E-state index contributed by atoms with van der Waals surface area (Å²) < 4.78 is 5.42. The van der Waals surface area contributed by atoms with Gasteiger partial charge in [-0.1, -0.05) is 11.8 Å². The maximum atomic E-state index is 5.42. The third-order valence-electron chi connectivity index (χ3n) is 2.98. The van der Waals surface area contributed by atoms with Crippen molar-refractivity contribution < 1.29 is 4.74 Å². The van der Waals surface area contributed by atoms with E-state index in [0.29, 0.717) is 6.54 Å². The normalized spacial score (nSPS) is 10.6. The lowest BCUT2D eigenvalue weighted by Crippen LogP contribution is -2.28. The van der Waals surface area contributed by atoms with Gasteiger partial charge in [0.15, 0.2) is 0 Å². The SMILES string of the molecule is COc1ccc(C#CCN)cc1CN(C)CCN(C)C. The van der Waals surface area contributed by atoms with Crippen LogP contribution >= 0.6 is 0 Å². The van der Waals surface area contributed by atoms with E-state index in [-0.39, 0.29) is 0 Å². The van der Waals surface area contributed by atoms with Gasteiger partial charge in [0, 0.05) is 30.8 Å². The molecule has 1 rings (SSSR count). The monoisotopic (exact) mass is 275 g/mol. The standard InChI is InChI=1S/C16H25N3O/c1-18(2)10-11-19(3)13-15-12-14(6-5-9-17)7-8-16(15)20-4/h7-8,12H,9-11,13,17H2,1-4H3. The molecule has 0 unspecified atom stereocenters. The molecule has 0 radical (unpaired) electrons. The molecule has 0 aliphatic carbocycles. The molecule has 0 aromatic heterocycles. The topological polar surface area (TPSA) is 41.7 Å². The number of rotatable bonds is 6. The van der Waals surface area contributed by atoms with Crippen LogP contribution in [0.3, 0.4) is 0 Å². The Morgan fingerprint density at radius 3 is 2.55 bits per heavy atom. The van der Waals surface area contributed by atoms with Crippen molar-refractivity contribution in [1.82, 2.24) is 9.80 Å². The zero-order valence-electron chi connectivity index (χ0n) is 12.9.